The van der Waals surface area contributed by atoms with Gasteiger partial charge >= 0.3 is 11.4 Å². The molecule has 0 spiro atoms. The number of nitro groups is 2. The molecule has 0 saturated carbocycles. The minimum Gasteiger partial charge on any atom is -0.399 e. The number of nitrogens with zero attached hydrogens (tertiary/aromatic N) is 4. The molecule has 0 unspecified atom stereocenters. The Morgan fingerprint density at radius 3 is 1.62 bits per heavy atom. The molecule has 11 heteroatoms. The van der Waals surface area contributed by atoms with Crippen molar-refractivity contribution in [3.8, 4) is 22.3 Å². The van der Waals surface area contributed by atoms with Crippen LogP contribution in [-0.4, -0.2) is 19.8 Å². The monoisotopic (exact) mass is 618 g/mol. The fraction of sp³-hybridized carbons (Fsp3) is 0. The van der Waals surface area contributed by atoms with E-state index in [1.165, 1.54) is 41.7 Å². The minimum absolute atomic E-state index is 0.0485. The third kappa shape index (κ3) is 9.43. The second-order valence-electron chi connectivity index (χ2n) is 9.26. The molecule has 3 N–H and O–H groups in total. The van der Waals surface area contributed by atoms with Crippen LogP contribution >= 0.6 is 11.6 Å². The summed E-state index contributed by atoms with van der Waals surface area (Å²) in [5.41, 5.74) is 11.5. The predicted molar refractivity (Wildman–Crippen MR) is 178 cm³/mol. The van der Waals surface area contributed by atoms with Crippen LogP contribution in [-0.2, 0) is 0 Å². The fourth-order valence-electron chi connectivity index (χ4n) is 4.05. The number of benzene rings is 4. The molecule has 0 radical (unpaired) electrons. The number of nitrogen functional groups attached to an aromatic ring is 1. The molecule has 224 valence electrons. The first kappa shape index (κ1) is 31.8. The molecule has 0 saturated heterocycles. The number of halogens is 1. The quantitative estimate of drug-likeness (QED) is 0.0812. The van der Waals surface area contributed by atoms with Gasteiger partial charge in [0.2, 0.25) is 11.0 Å². The Balaban J connectivity index is 0.000000170. The van der Waals surface area contributed by atoms with Crippen molar-refractivity contribution in [3.63, 3.8) is 0 Å². The third-order valence-electron chi connectivity index (χ3n) is 6.15. The first-order chi connectivity index (χ1) is 21.8. The van der Waals surface area contributed by atoms with E-state index in [-0.39, 0.29) is 22.3 Å². The lowest BCUT2D eigenvalue weighted by Crippen LogP contribution is -1.99. The lowest BCUT2D eigenvalue weighted by molar-refractivity contribution is -0.385. The number of hydrogen-bond acceptors (Lipinski definition) is 8. The van der Waals surface area contributed by atoms with Gasteiger partial charge in [0.15, 0.2) is 0 Å². The Morgan fingerprint density at radius 1 is 0.578 bits per heavy atom. The normalized spacial score (nSPS) is 9.89. The molecule has 4 aromatic carbocycles. The van der Waals surface area contributed by atoms with Gasteiger partial charge in [-0.2, -0.15) is 0 Å². The molecule has 45 heavy (non-hydrogen) atoms. The van der Waals surface area contributed by atoms with Crippen molar-refractivity contribution < 1.29 is 9.85 Å². The zero-order valence-corrected chi connectivity index (χ0v) is 24.5. The highest BCUT2D eigenvalue weighted by Crippen LogP contribution is 2.28. The highest BCUT2D eigenvalue weighted by atomic mass is 35.5. The number of anilines is 3. The van der Waals surface area contributed by atoms with Crippen LogP contribution < -0.4 is 11.1 Å². The molecule has 10 nitrogen and oxygen atoms in total. The van der Waals surface area contributed by atoms with Crippen LogP contribution in [0.2, 0.25) is 5.15 Å². The summed E-state index contributed by atoms with van der Waals surface area (Å²) in [5, 5.41) is 24.1. The van der Waals surface area contributed by atoms with Gasteiger partial charge in [0.25, 0.3) is 0 Å². The van der Waals surface area contributed by atoms with Gasteiger partial charge in [0.05, 0.1) is 9.85 Å². The summed E-state index contributed by atoms with van der Waals surface area (Å²) in [6.07, 6.45) is 2.92. The van der Waals surface area contributed by atoms with E-state index in [0.29, 0.717) is 0 Å². The van der Waals surface area contributed by atoms with Gasteiger partial charge in [0, 0.05) is 35.9 Å². The van der Waals surface area contributed by atoms with Gasteiger partial charge in [-0.05, 0) is 58.7 Å². The van der Waals surface area contributed by atoms with Crippen molar-refractivity contribution in [3.05, 3.63) is 171 Å². The highest BCUT2D eigenvalue weighted by molar-refractivity contribution is 6.31. The number of rotatable bonds is 6. The lowest BCUT2D eigenvalue weighted by atomic mass is 10.1. The summed E-state index contributed by atoms with van der Waals surface area (Å²) in [6.45, 7) is 0. The first-order valence-corrected chi connectivity index (χ1v) is 13.9. The number of nitrogens with one attached hydrogen (secondary N) is 1. The van der Waals surface area contributed by atoms with E-state index >= 15 is 0 Å². The molecular weight excluding hydrogens is 592 g/mol. The van der Waals surface area contributed by atoms with Gasteiger partial charge in [-0.25, -0.2) is 9.97 Å². The summed E-state index contributed by atoms with van der Waals surface area (Å²) in [4.78, 5) is 27.7. The second-order valence-corrected chi connectivity index (χ2v) is 9.62. The number of nitrogens with two attached hydrogens (primary N) is 1. The zero-order valence-electron chi connectivity index (χ0n) is 23.7. The van der Waals surface area contributed by atoms with Crippen LogP contribution in [0.5, 0.6) is 0 Å². The van der Waals surface area contributed by atoms with Crippen molar-refractivity contribution in [2.75, 3.05) is 11.1 Å². The third-order valence-corrected chi connectivity index (χ3v) is 6.44. The van der Waals surface area contributed by atoms with E-state index in [1.807, 2.05) is 91.0 Å². The van der Waals surface area contributed by atoms with Gasteiger partial charge in [-0.3, -0.25) is 20.2 Å². The standard InChI is InChI=1S/C17H13N3O2.C12H11N.C5H3ClN2O2/c21-20(22)16-10-5-11-18-17(16)19-15-9-4-8-14(12-15)13-6-2-1-3-7-13;13-12-8-4-7-11(9-12)10-5-2-1-3-6-10;6-5-4(8(9)10)2-1-3-7-5/h1-12H,(H,18,19);1-9H,13H2;1-3H. The number of pyridine rings is 2. The maximum atomic E-state index is 11.0. The van der Waals surface area contributed by atoms with Gasteiger partial charge in [0.1, 0.15) is 0 Å². The maximum Gasteiger partial charge on any atom is 0.311 e. The van der Waals surface area contributed by atoms with Crippen LogP contribution in [0, 0.1) is 20.2 Å². The van der Waals surface area contributed by atoms with Crippen molar-refractivity contribution >= 4 is 40.2 Å². The molecule has 0 atom stereocenters. The molecule has 2 heterocycles. The second kappa shape index (κ2) is 15.9. The lowest BCUT2D eigenvalue weighted by Gasteiger charge is -2.08. The smallest absolute Gasteiger partial charge is 0.311 e. The molecule has 6 aromatic rings. The Kier molecular flexibility index (Phi) is 11.2. The van der Waals surface area contributed by atoms with Crippen LogP contribution in [0.1, 0.15) is 0 Å². The molecule has 6 rings (SSSR count). The topological polar surface area (TPSA) is 150 Å². The summed E-state index contributed by atoms with van der Waals surface area (Å²) in [5.74, 6) is 0.234. The largest absolute Gasteiger partial charge is 0.399 e. The molecule has 0 fully saturated rings. The first-order valence-electron chi connectivity index (χ1n) is 13.5. The number of aromatic nitrogens is 2. The minimum atomic E-state index is -0.574. The Morgan fingerprint density at radius 2 is 1.09 bits per heavy atom. The van der Waals surface area contributed by atoms with Crippen LogP contribution in [0.15, 0.2) is 146 Å². The molecule has 0 bridgehead atoms. The number of hydrogen-bond donors (Lipinski definition) is 2. The van der Waals surface area contributed by atoms with E-state index in [1.54, 1.807) is 6.07 Å². The highest BCUT2D eigenvalue weighted by Gasteiger charge is 2.14. The average molecular weight is 619 g/mol. The zero-order chi connectivity index (χ0) is 32.0. The van der Waals surface area contributed by atoms with Crippen LogP contribution in [0.3, 0.4) is 0 Å². The SMILES string of the molecule is Nc1cccc(-c2ccccc2)c1.O=[N+]([O-])c1cccnc1Cl.O=[N+]([O-])c1cccnc1Nc1cccc(-c2ccccc2)c1. The van der Waals surface area contributed by atoms with Crippen molar-refractivity contribution in [1.29, 1.82) is 0 Å². The van der Waals surface area contributed by atoms with E-state index in [9.17, 15) is 20.2 Å². The summed E-state index contributed by atoms with van der Waals surface area (Å²) in [7, 11) is 0. The molecule has 0 amide bonds. The van der Waals surface area contributed by atoms with Crippen molar-refractivity contribution in [1.82, 2.24) is 9.97 Å². The Bertz CT molecular complexity index is 1870. The van der Waals surface area contributed by atoms with Crippen LogP contribution in [0.4, 0.5) is 28.6 Å². The predicted octanol–water partition coefficient (Wildman–Crippen LogP) is 8.98. The summed E-state index contributed by atoms with van der Waals surface area (Å²) in [6, 6.07) is 41.5. The fourth-order valence-corrected chi connectivity index (χ4v) is 4.24. The molecule has 0 aliphatic heterocycles. The summed E-state index contributed by atoms with van der Waals surface area (Å²) < 4.78 is 0. The van der Waals surface area contributed by atoms with E-state index in [4.69, 9.17) is 17.3 Å². The van der Waals surface area contributed by atoms with Crippen molar-refractivity contribution in [2.24, 2.45) is 0 Å². The van der Waals surface area contributed by atoms with E-state index in [0.717, 1.165) is 22.5 Å². The Hall–Kier alpha value is -6.13. The molecular formula is C34H27ClN6O4. The van der Waals surface area contributed by atoms with Gasteiger partial charge in [-0.1, -0.05) is 96.5 Å². The van der Waals surface area contributed by atoms with Crippen LogP contribution in [0.25, 0.3) is 22.3 Å². The molecule has 0 aliphatic carbocycles. The van der Waals surface area contributed by atoms with Gasteiger partial charge in [-0.15, -0.1) is 0 Å². The molecule has 2 aromatic heterocycles. The van der Waals surface area contributed by atoms with Gasteiger partial charge < -0.3 is 11.1 Å². The molecule has 0 aliphatic rings. The summed E-state index contributed by atoms with van der Waals surface area (Å²) >= 11 is 5.37. The average Bonchev–Trinajstić information content (AvgIpc) is 3.07. The maximum absolute atomic E-state index is 11.0. The Labute approximate surface area is 264 Å². The van der Waals surface area contributed by atoms with E-state index < -0.39 is 9.85 Å². The van der Waals surface area contributed by atoms with E-state index in [2.05, 4.69) is 33.5 Å². The van der Waals surface area contributed by atoms with Crippen molar-refractivity contribution in [2.45, 2.75) is 0 Å².